The van der Waals surface area contributed by atoms with Gasteiger partial charge in [0.1, 0.15) is 5.82 Å². The number of alkyl halides is 2. The summed E-state index contributed by atoms with van der Waals surface area (Å²) in [6, 6.07) is 9.21. The number of halogens is 3. The Hall–Kier alpha value is -2.70. The van der Waals surface area contributed by atoms with Crippen LogP contribution in [0.3, 0.4) is 0 Å². The molecule has 0 saturated heterocycles. The van der Waals surface area contributed by atoms with Gasteiger partial charge in [0.25, 0.3) is 5.91 Å². The Kier molecular flexibility index (Phi) is 5.46. The molecule has 23 heavy (non-hydrogen) atoms. The molecule has 0 heterocycles. The third-order valence-corrected chi connectivity index (χ3v) is 2.80. The van der Waals surface area contributed by atoms with Crippen LogP contribution in [0.25, 0.3) is 0 Å². The minimum Gasteiger partial charge on any atom is -0.490 e. The van der Waals surface area contributed by atoms with E-state index in [1.54, 1.807) is 6.92 Å². The number of nitrogens with one attached hydrogen (secondary N) is 1. The van der Waals surface area contributed by atoms with E-state index >= 15 is 0 Å². The Morgan fingerprint density at radius 2 is 1.96 bits per heavy atom. The van der Waals surface area contributed by atoms with E-state index in [1.165, 1.54) is 36.4 Å². The molecule has 0 fully saturated rings. The second-order valence-electron chi connectivity index (χ2n) is 4.44. The van der Waals surface area contributed by atoms with Gasteiger partial charge >= 0.3 is 6.61 Å². The van der Waals surface area contributed by atoms with Crippen molar-refractivity contribution in [3.63, 3.8) is 0 Å². The highest BCUT2D eigenvalue weighted by Crippen LogP contribution is 2.30. The summed E-state index contributed by atoms with van der Waals surface area (Å²) in [7, 11) is 0. The van der Waals surface area contributed by atoms with Crippen molar-refractivity contribution in [1.29, 1.82) is 0 Å². The van der Waals surface area contributed by atoms with Gasteiger partial charge in [-0.15, -0.1) is 0 Å². The topological polar surface area (TPSA) is 47.6 Å². The average Bonchev–Trinajstić information content (AvgIpc) is 2.48. The van der Waals surface area contributed by atoms with Crippen molar-refractivity contribution < 1.29 is 27.4 Å². The molecule has 122 valence electrons. The van der Waals surface area contributed by atoms with Gasteiger partial charge in [-0.2, -0.15) is 8.78 Å². The van der Waals surface area contributed by atoms with Crippen LogP contribution in [0.4, 0.5) is 18.9 Å². The summed E-state index contributed by atoms with van der Waals surface area (Å²) >= 11 is 0. The Morgan fingerprint density at radius 3 is 2.61 bits per heavy atom. The Labute approximate surface area is 130 Å². The molecule has 0 bridgehead atoms. The zero-order valence-corrected chi connectivity index (χ0v) is 12.2. The highest BCUT2D eigenvalue weighted by molar-refractivity contribution is 6.04. The molecule has 0 atom stereocenters. The van der Waals surface area contributed by atoms with E-state index in [9.17, 15) is 18.0 Å². The van der Waals surface area contributed by atoms with E-state index in [4.69, 9.17) is 4.74 Å². The van der Waals surface area contributed by atoms with Gasteiger partial charge in [0.15, 0.2) is 11.5 Å². The number of hydrogen-bond acceptors (Lipinski definition) is 3. The van der Waals surface area contributed by atoms with Crippen LogP contribution in [0, 0.1) is 5.82 Å². The van der Waals surface area contributed by atoms with Crippen LogP contribution in [0.2, 0.25) is 0 Å². The maximum Gasteiger partial charge on any atom is 0.387 e. The van der Waals surface area contributed by atoms with Gasteiger partial charge in [-0.05, 0) is 43.3 Å². The molecule has 0 aliphatic heterocycles. The smallest absolute Gasteiger partial charge is 0.387 e. The minimum atomic E-state index is -3.00. The summed E-state index contributed by atoms with van der Waals surface area (Å²) < 4.78 is 47.3. The van der Waals surface area contributed by atoms with Crippen molar-refractivity contribution in [3.8, 4) is 11.5 Å². The summed E-state index contributed by atoms with van der Waals surface area (Å²) in [5.74, 6) is -1.15. The SMILES string of the molecule is CCOc1cc(C(=O)Nc2cccc(F)c2)ccc1OC(F)F. The van der Waals surface area contributed by atoms with E-state index in [-0.39, 0.29) is 29.4 Å². The highest BCUT2D eigenvalue weighted by Gasteiger charge is 2.15. The molecule has 0 saturated carbocycles. The minimum absolute atomic E-state index is 0.0275. The molecular formula is C16H14F3NO3. The first-order valence-corrected chi connectivity index (χ1v) is 6.78. The van der Waals surface area contributed by atoms with Gasteiger partial charge in [0.05, 0.1) is 6.61 Å². The van der Waals surface area contributed by atoms with Crippen molar-refractivity contribution in [2.75, 3.05) is 11.9 Å². The fourth-order valence-electron chi connectivity index (χ4n) is 1.88. The number of benzene rings is 2. The second-order valence-corrected chi connectivity index (χ2v) is 4.44. The Balaban J connectivity index is 2.21. The molecule has 0 aromatic heterocycles. The second kappa shape index (κ2) is 7.53. The van der Waals surface area contributed by atoms with E-state index in [1.807, 2.05) is 0 Å². The molecule has 2 rings (SSSR count). The van der Waals surface area contributed by atoms with E-state index in [2.05, 4.69) is 10.1 Å². The van der Waals surface area contributed by atoms with Gasteiger partial charge in [0, 0.05) is 11.3 Å². The van der Waals surface area contributed by atoms with Crippen LogP contribution in [0.1, 0.15) is 17.3 Å². The molecule has 4 nitrogen and oxygen atoms in total. The lowest BCUT2D eigenvalue weighted by molar-refractivity contribution is -0.0514. The fourth-order valence-corrected chi connectivity index (χ4v) is 1.88. The van der Waals surface area contributed by atoms with Gasteiger partial charge < -0.3 is 14.8 Å². The molecule has 0 aliphatic carbocycles. The molecule has 0 radical (unpaired) electrons. The quantitative estimate of drug-likeness (QED) is 0.870. The molecule has 2 aromatic carbocycles. The zero-order chi connectivity index (χ0) is 16.8. The monoisotopic (exact) mass is 325 g/mol. The number of rotatable bonds is 6. The number of anilines is 1. The fraction of sp³-hybridized carbons (Fsp3) is 0.188. The van der Waals surface area contributed by atoms with E-state index in [0.717, 1.165) is 6.07 Å². The lowest BCUT2D eigenvalue weighted by Gasteiger charge is -2.13. The maximum atomic E-state index is 13.1. The summed E-state index contributed by atoms with van der Waals surface area (Å²) in [4.78, 5) is 12.1. The summed E-state index contributed by atoms with van der Waals surface area (Å²) in [5.41, 5.74) is 0.445. The highest BCUT2D eigenvalue weighted by atomic mass is 19.3. The van der Waals surface area contributed by atoms with Crippen LogP contribution < -0.4 is 14.8 Å². The zero-order valence-electron chi connectivity index (χ0n) is 12.2. The van der Waals surface area contributed by atoms with Crippen molar-refractivity contribution in [2.24, 2.45) is 0 Å². The predicted octanol–water partition coefficient (Wildman–Crippen LogP) is 4.08. The molecule has 0 spiro atoms. The molecule has 1 N–H and O–H groups in total. The number of hydrogen-bond donors (Lipinski definition) is 1. The maximum absolute atomic E-state index is 13.1. The van der Waals surface area contributed by atoms with Crippen molar-refractivity contribution in [1.82, 2.24) is 0 Å². The van der Waals surface area contributed by atoms with Crippen LogP contribution in [0.15, 0.2) is 42.5 Å². The van der Waals surface area contributed by atoms with E-state index in [0.29, 0.717) is 0 Å². The largest absolute Gasteiger partial charge is 0.490 e. The average molecular weight is 325 g/mol. The summed E-state index contributed by atoms with van der Waals surface area (Å²) in [5, 5.41) is 2.51. The number of carbonyl (C=O) groups excluding carboxylic acids is 1. The van der Waals surface area contributed by atoms with Gasteiger partial charge in [-0.3, -0.25) is 4.79 Å². The van der Waals surface area contributed by atoms with Crippen molar-refractivity contribution >= 4 is 11.6 Å². The number of amides is 1. The van der Waals surface area contributed by atoms with Gasteiger partial charge in [-0.1, -0.05) is 6.07 Å². The van der Waals surface area contributed by atoms with Crippen LogP contribution in [-0.2, 0) is 0 Å². The van der Waals surface area contributed by atoms with Crippen LogP contribution in [-0.4, -0.2) is 19.1 Å². The third-order valence-electron chi connectivity index (χ3n) is 2.80. The molecule has 0 unspecified atom stereocenters. The van der Waals surface area contributed by atoms with Crippen molar-refractivity contribution in [2.45, 2.75) is 13.5 Å². The molecule has 0 aliphatic rings. The summed E-state index contributed by atoms with van der Waals surface area (Å²) in [6.45, 7) is -1.11. The molecule has 7 heteroatoms. The van der Waals surface area contributed by atoms with Crippen molar-refractivity contribution in [3.05, 3.63) is 53.8 Å². The number of ether oxygens (including phenoxy) is 2. The third kappa shape index (κ3) is 4.64. The van der Waals surface area contributed by atoms with E-state index < -0.39 is 18.3 Å². The normalized spacial score (nSPS) is 10.5. The van der Waals surface area contributed by atoms with Crippen LogP contribution >= 0.6 is 0 Å². The Bertz CT molecular complexity index is 692. The standard InChI is InChI=1S/C16H14F3NO3/c1-2-22-14-8-10(6-7-13(14)23-16(18)19)15(21)20-12-5-3-4-11(17)9-12/h3-9,16H,2H2,1H3,(H,20,21). The molecule has 2 aromatic rings. The van der Waals surface area contributed by atoms with Gasteiger partial charge in [-0.25, -0.2) is 4.39 Å². The first kappa shape index (κ1) is 16.7. The number of carbonyl (C=O) groups is 1. The Morgan fingerprint density at radius 1 is 1.17 bits per heavy atom. The van der Waals surface area contributed by atoms with Crippen LogP contribution in [0.5, 0.6) is 11.5 Å². The van der Waals surface area contributed by atoms with Gasteiger partial charge in [0.2, 0.25) is 0 Å². The lowest BCUT2D eigenvalue weighted by atomic mass is 10.2. The molecule has 1 amide bonds. The first-order chi connectivity index (χ1) is 11.0. The molecular weight excluding hydrogens is 311 g/mol. The first-order valence-electron chi connectivity index (χ1n) is 6.78. The lowest BCUT2D eigenvalue weighted by Crippen LogP contribution is -2.13. The predicted molar refractivity (Wildman–Crippen MR) is 78.6 cm³/mol. The summed E-state index contributed by atoms with van der Waals surface area (Å²) in [6.07, 6.45) is 0.